The van der Waals surface area contributed by atoms with Crippen LogP contribution in [0.5, 0.6) is 5.75 Å². The van der Waals surface area contributed by atoms with Crippen molar-refractivity contribution in [1.82, 2.24) is 14.9 Å². The van der Waals surface area contributed by atoms with Gasteiger partial charge in [-0.3, -0.25) is 14.2 Å². The Morgan fingerprint density at radius 3 is 2.45 bits per heavy atom. The molecule has 0 atom stereocenters. The maximum Gasteiger partial charge on any atom is 0.358 e. The van der Waals surface area contributed by atoms with E-state index in [9.17, 15) is 24.6 Å². The van der Waals surface area contributed by atoms with Crippen LogP contribution >= 0.6 is 0 Å². The van der Waals surface area contributed by atoms with E-state index in [0.717, 1.165) is 10.3 Å². The number of rotatable bonds is 3. The summed E-state index contributed by atoms with van der Waals surface area (Å²) in [7, 11) is 1.43. The number of nitrogens with zero attached hydrogens (tertiary/aromatic N) is 4. The average molecular weight is 399 g/mol. The van der Waals surface area contributed by atoms with Gasteiger partial charge in [-0.25, -0.2) is 9.78 Å². The highest BCUT2D eigenvalue weighted by Crippen LogP contribution is 2.37. The lowest BCUT2D eigenvalue weighted by Gasteiger charge is -2.43. The predicted octanol–water partition coefficient (Wildman–Crippen LogP) is 0.117. The number of para-hydroxylation sites is 1. The van der Waals surface area contributed by atoms with Gasteiger partial charge in [0.15, 0.2) is 5.69 Å². The van der Waals surface area contributed by atoms with Gasteiger partial charge in [-0.15, -0.1) is 0 Å². The van der Waals surface area contributed by atoms with Crippen molar-refractivity contribution in [3.05, 3.63) is 46.4 Å². The number of hydrogen-bond donors (Lipinski definition) is 3. The fourth-order valence-electron chi connectivity index (χ4n) is 4.12. The fraction of sp³-hybridized carbons (Fsp3) is 0.368. The molecule has 1 amide bonds. The molecule has 4 rings (SSSR count). The summed E-state index contributed by atoms with van der Waals surface area (Å²) in [6.45, 7) is 1.23. The van der Waals surface area contributed by atoms with Gasteiger partial charge in [-0.05, 0) is 25.0 Å². The molecule has 10 heteroatoms. The van der Waals surface area contributed by atoms with Crippen LogP contribution in [0.25, 0.3) is 0 Å². The number of carboxylic acid groups (broad SMARTS) is 1. The maximum absolute atomic E-state index is 12.7. The van der Waals surface area contributed by atoms with E-state index in [-0.39, 0.29) is 11.9 Å². The molecular weight excluding hydrogens is 378 g/mol. The molecule has 0 aliphatic carbocycles. The number of carboxylic acids is 1. The number of benzene rings is 1. The summed E-state index contributed by atoms with van der Waals surface area (Å²) in [5.41, 5.74) is -1.25. The molecule has 2 saturated heterocycles. The normalized spacial score (nSPS) is 18.2. The summed E-state index contributed by atoms with van der Waals surface area (Å²) in [5.74, 6) is -2.24. The van der Waals surface area contributed by atoms with Gasteiger partial charge < -0.3 is 25.3 Å². The van der Waals surface area contributed by atoms with Crippen LogP contribution in [0.2, 0.25) is 0 Å². The number of amides is 1. The molecule has 2 aliphatic rings. The topological polar surface area (TPSA) is 128 Å². The lowest BCUT2D eigenvalue weighted by molar-refractivity contribution is -0.124. The van der Waals surface area contributed by atoms with E-state index < -0.39 is 28.5 Å². The van der Waals surface area contributed by atoms with E-state index in [1.54, 1.807) is 4.90 Å². The van der Waals surface area contributed by atoms with Crippen LogP contribution in [0.15, 0.2) is 35.1 Å². The lowest BCUT2D eigenvalue weighted by Crippen LogP contribution is -2.57. The molecule has 3 N–H and O–H groups in total. The molecule has 0 bridgehead atoms. The second kappa shape index (κ2) is 6.80. The molecule has 2 fully saturated rings. The monoisotopic (exact) mass is 399 g/mol. The van der Waals surface area contributed by atoms with Crippen molar-refractivity contribution in [2.24, 2.45) is 7.05 Å². The van der Waals surface area contributed by atoms with Gasteiger partial charge in [-0.1, -0.05) is 18.2 Å². The second-order valence-corrected chi connectivity index (χ2v) is 7.22. The van der Waals surface area contributed by atoms with E-state index in [2.05, 4.69) is 15.2 Å². The number of anilines is 2. The van der Waals surface area contributed by atoms with Gasteiger partial charge in [0, 0.05) is 25.8 Å². The number of hydrogen-bond acceptors (Lipinski definition) is 7. The molecule has 1 aromatic heterocycles. The predicted molar refractivity (Wildman–Crippen MR) is 104 cm³/mol. The Kier molecular flexibility index (Phi) is 4.40. The van der Waals surface area contributed by atoms with Crippen molar-refractivity contribution in [2.45, 2.75) is 18.4 Å². The molecule has 2 aromatic rings. The van der Waals surface area contributed by atoms with Gasteiger partial charge in [0.2, 0.25) is 17.6 Å². The zero-order chi connectivity index (χ0) is 20.8. The third-order valence-corrected chi connectivity index (χ3v) is 5.72. The van der Waals surface area contributed by atoms with E-state index in [1.807, 2.05) is 30.3 Å². The Morgan fingerprint density at radius 1 is 1.17 bits per heavy atom. The summed E-state index contributed by atoms with van der Waals surface area (Å²) >= 11 is 0. The Labute approximate surface area is 166 Å². The molecule has 0 saturated carbocycles. The number of aromatic carboxylic acids is 1. The first-order chi connectivity index (χ1) is 13.8. The number of nitrogens with one attached hydrogen (secondary N) is 1. The third kappa shape index (κ3) is 2.87. The van der Waals surface area contributed by atoms with Crippen molar-refractivity contribution in [3.63, 3.8) is 0 Å². The molecule has 3 heterocycles. The zero-order valence-corrected chi connectivity index (χ0v) is 15.8. The van der Waals surface area contributed by atoms with E-state index in [1.165, 1.54) is 7.05 Å². The second-order valence-electron chi connectivity index (χ2n) is 7.22. The van der Waals surface area contributed by atoms with Gasteiger partial charge in [0.05, 0.1) is 6.67 Å². The van der Waals surface area contributed by atoms with Crippen molar-refractivity contribution in [1.29, 1.82) is 0 Å². The Morgan fingerprint density at radius 2 is 1.83 bits per heavy atom. The first-order valence-electron chi connectivity index (χ1n) is 9.24. The molecule has 2 aliphatic heterocycles. The largest absolute Gasteiger partial charge is 0.501 e. The third-order valence-electron chi connectivity index (χ3n) is 5.72. The van der Waals surface area contributed by atoms with Crippen molar-refractivity contribution in [2.75, 3.05) is 29.6 Å². The quantitative estimate of drug-likeness (QED) is 0.664. The first kappa shape index (κ1) is 18.8. The van der Waals surface area contributed by atoms with Gasteiger partial charge in [-0.2, -0.15) is 0 Å². The highest BCUT2D eigenvalue weighted by atomic mass is 16.4. The summed E-state index contributed by atoms with van der Waals surface area (Å²) in [4.78, 5) is 44.1. The maximum atomic E-state index is 12.7. The van der Waals surface area contributed by atoms with Crippen LogP contribution in [-0.4, -0.2) is 56.9 Å². The van der Waals surface area contributed by atoms with Gasteiger partial charge in [0.1, 0.15) is 5.54 Å². The zero-order valence-electron chi connectivity index (χ0n) is 15.8. The van der Waals surface area contributed by atoms with Gasteiger partial charge in [0.25, 0.3) is 5.56 Å². The fourth-order valence-corrected chi connectivity index (χ4v) is 4.12. The lowest BCUT2D eigenvalue weighted by atomic mass is 9.85. The van der Waals surface area contributed by atoms with Gasteiger partial charge >= 0.3 is 5.97 Å². The van der Waals surface area contributed by atoms with Crippen LogP contribution < -0.4 is 20.7 Å². The van der Waals surface area contributed by atoms with Crippen LogP contribution in [0.1, 0.15) is 23.3 Å². The number of carbonyl (C=O) groups is 2. The molecular formula is C19H21N5O5. The minimum atomic E-state index is -1.47. The molecule has 1 spiro atoms. The van der Waals surface area contributed by atoms with E-state index >= 15 is 0 Å². The summed E-state index contributed by atoms with van der Waals surface area (Å²) in [6, 6.07) is 9.67. The molecule has 0 radical (unpaired) electrons. The van der Waals surface area contributed by atoms with Crippen molar-refractivity contribution < 1.29 is 19.8 Å². The van der Waals surface area contributed by atoms with E-state index in [4.69, 9.17) is 0 Å². The van der Waals surface area contributed by atoms with Crippen LogP contribution in [0.4, 0.5) is 11.6 Å². The van der Waals surface area contributed by atoms with Crippen molar-refractivity contribution >= 4 is 23.5 Å². The van der Waals surface area contributed by atoms with Crippen LogP contribution in [0, 0.1) is 0 Å². The Bertz CT molecular complexity index is 1030. The summed E-state index contributed by atoms with van der Waals surface area (Å²) < 4.78 is 1.13. The van der Waals surface area contributed by atoms with Crippen LogP contribution in [-0.2, 0) is 11.8 Å². The SMILES string of the molecule is Cn1c(N2CCC3(CC2)C(=O)NCN3c2ccccc2)nc(C(=O)O)c(O)c1=O. The number of aromatic nitrogens is 2. The standard InChI is InChI=1S/C19H21N5O5/c1-22-15(26)14(25)13(16(27)28)21-18(22)23-9-7-19(8-10-23)17(29)20-11-24(19)12-5-3-2-4-6-12/h2-6,25H,7-11H2,1H3,(H,20,29)(H,27,28). The van der Waals surface area contributed by atoms with E-state index in [0.29, 0.717) is 32.6 Å². The number of aromatic hydroxyl groups is 1. The smallest absolute Gasteiger partial charge is 0.358 e. The van der Waals surface area contributed by atoms with Crippen molar-refractivity contribution in [3.8, 4) is 5.75 Å². The minimum Gasteiger partial charge on any atom is -0.501 e. The molecule has 1 aromatic carbocycles. The Hall–Kier alpha value is -3.56. The Balaban J connectivity index is 1.64. The molecule has 0 unspecified atom stereocenters. The average Bonchev–Trinajstić information content (AvgIpc) is 3.03. The minimum absolute atomic E-state index is 0.0419. The molecule has 10 nitrogen and oxygen atoms in total. The van der Waals surface area contributed by atoms with Crippen LogP contribution in [0.3, 0.4) is 0 Å². The summed E-state index contributed by atoms with van der Waals surface area (Å²) in [5, 5.41) is 21.9. The number of carbonyl (C=O) groups excluding carboxylic acids is 1. The molecule has 29 heavy (non-hydrogen) atoms. The number of piperidine rings is 1. The highest BCUT2D eigenvalue weighted by Gasteiger charge is 2.50. The summed E-state index contributed by atoms with van der Waals surface area (Å²) in [6.07, 6.45) is 0.958. The first-order valence-corrected chi connectivity index (χ1v) is 9.24. The molecule has 152 valence electrons. The highest BCUT2D eigenvalue weighted by molar-refractivity contribution is 5.93.